The second-order valence-electron chi connectivity index (χ2n) is 4.98. The van der Waals surface area contributed by atoms with Gasteiger partial charge in [-0.1, -0.05) is 0 Å². The average Bonchev–Trinajstić information content (AvgIpc) is 2.89. The summed E-state index contributed by atoms with van der Waals surface area (Å²) in [6.45, 7) is 1.39. The number of ether oxygens (including phenoxy) is 1. The van der Waals surface area contributed by atoms with E-state index in [1.54, 1.807) is 11.5 Å². The first-order valence-electron chi connectivity index (χ1n) is 6.07. The van der Waals surface area contributed by atoms with Crippen LogP contribution in [0.2, 0.25) is 0 Å². The van der Waals surface area contributed by atoms with Gasteiger partial charge in [0.15, 0.2) is 21.7 Å². The molecule has 0 aliphatic carbocycles. The molecule has 2 aromatic heterocycles. The normalized spacial score (nSPS) is 30.2. The smallest absolute Gasteiger partial charge is 0.181 e. The average molecular weight is 344 g/mol. The van der Waals surface area contributed by atoms with Crippen LogP contribution in [0.5, 0.6) is 0 Å². The van der Waals surface area contributed by atoms with Gasteiger partial charge in [0.05, 0.1) is 12.7 Å². The van der Waals surface area contributed by atoms with Crippen molar-refractivity contribution >= 4 is 32.9 Å². The third-order valence-electron chi connectivity index (χ3n) is 3.60. The fraction of sp³-hybridized carbons (Fsp3) is 0.545. The molecule has 0 aromatic carbocycles. The van der Waals surface area contributed by atoms with Crippen LogP contribution in [0.3, 0.4) is 0 Å². The maximum absolute atomic E-state index is 10.0. The van der Waals surface area contributed by atoms with Gasteiger partial charge in [-0.15, -0.1) is 0 Å². The Hall–Kier alpha value is -1.29. The highest BCUT2D eigenvalue weighted by Crippen LogP contribution is 2.39. The number of nitrogens with zero attached hydrogens (tertiary/aromatic N) is 4. The van der Waals surface area contributed by atoms with Crippen LogP contribution in [0.4, 0.5) is 5.82 Å². The Bertz CT molecular complexity index is 663. The maximum atomic E-state index is 10.0. The lowest BCUT2D eigenvalue weighted by Gasteiger charge is -2.25. The first-order chi connectivity index (χ1) is 9.46. The highest BCUT2D eigenvalue weighted by atomic mass is 79.9. The monoisotopic (exact) mass is 343 g/mol. The molecule has 1 aliphatic heterocycles. The van der Waals surface area contributed by atoms with Gasteiger partial charge in [-0.25, -0.2) is 15.0 Å². The number of nitrogen functional groups attached to an aromatic ring is 1. The summed E-state index contributed by atoms with van der Waals surface area (Å²) >= 11 is 3.34. The Labute approximate surface area is 122 Å². The van der Waals surface area contributed by atoms with Crippen molar-refractivity contribution in [2.24, 2.45) is 0 Å². The minimum atomic E-state index is -1.00. The zero-order valence-electron chi connectivity index (χ0n) is 10.7. The molecule has 0 spiro atoms. The van der Waals surface area contributed by atoms with Gasteiger partial charge >= 0.3 is 0 Å². The Morgan fingerprint density at radius 2 is 2.35 bits per heavy atom. The van der Waals surface area contributed by atoms with E-state index in [0.29, 0.717) is 22.3 Å². The summed E-state index contributed by atoms with van der Waals surface area (Å²) in [4.78, 5) is 12.3. The summed E-state index contributed by atoms with van der Waals surface area (Å²) in [7, 11) is 0. The van der Waals surface area contributed by atoms with Gasteiger partial charge in [0.25, 0.3) is 0 Å². The van der Waals surface area contributed by atoms with Crippen LogP contribution in [-0.2, 0) is 4.74 Å². The molecule has 9 heteroatoms. The van der Waals surface area contributed by atoms with E-state index in [-0.39, 0.29) is 12.4 Å². The maximum Gasteiger partial charge on any atom is 0.181 e. The van der Waals surface area contributed by atoms with Crippen LogP contribution >= 0.6 is 15.9 Å². The molecule has 0 radical (unpaired) electrons. The van der Waals surface area contributed by atoms with Gasteiger partial charge in [-0.05, 0) is 22.9 Å². The highest BCUT2D eigenvalue weighted by Gasteiger charge is 2.45. The number of anilines is 1. The lowest BCUT2D eigenvalue weighted by atomic mass is 10.0. The second-order valence-corrected chi connectivity index (χ2v) is 5.69. The van der Waals surface area contributed by atoms with E-state index in [9.17, 15) is 10.2 Å². The van der Waals surface area contributed by atoms with Gasteiger partial charge in [0, 0.05) is 6.42 Å². The van der Waals surface area contributed by atoms with Crippen molar-refractivity contribution in [1.29, 1.82) is 0 Å². The van der Waals surface area contributed by atoms with Gasteiger partial charge in [-0.3, -0.25) is 4.57 Å². The van der Waals surface area contributed by atoms with E-state index in [1.807, 2.05) is 0 Å². The van der Waals surface area contributed by atoms with E-state index in [4.69, 9.17) is 10.5 Å². The molecule has 0 bridgehead atoms. The van der Waals surface area contributed by atoms with Gasteiger partial charge in [0.2, 0.25) is 0 Å². The van der Waals surface area contributed by atoms with Gasteiger partial charge in [-0.2, -0.15) is 0 Å². The molecule has 108 valence electrons. The molecule has 4 N–H and O–H groups in total. The topological polar surface area (TPSA) is 119 Å². The third kappa shape index (κ3) is 1.89. The molecule has 1 aliphatic rings. The predicted octanol–water partition coefficient (Wildman–Crippen LogP) is 0.202. The molecular formula is C11H14BrN5O3. The van der Waals surface area contributed by atoms with Gasteiger partial charge < -0.3 is 20.7 Å². The van der Waals surface area contributed by atoms with Crippen molar-refractivity contribution in [1.82, 2.24) is 19.5 Å². The molecule has 2 aromatic rings. The lowest BCUT2D eigenvalue weighted by molar-refractivity contribution is -0.115. The number of aromatic nitrogens is 4. The van der Waals surface area contributed by atoms with Crippen molar-refractivity contribution in [3.63, 3.8) is 0 Å². The Kier molecular flexibility index (Phi) is 3.16. The molecule has 3 rings (SSSR count). The van der Waals surface area contributed by atoms with Crippen LogP contribution in [0, 0.1) is 0 Å². The second kappa shape index (κ2) is 4.62. The summed E-state index contributed by atoms with van der Waals surface area (Å²) in [5.41, 5.74) is 5.75. The number of hydrogen-bond acceptors (Lipinski definition) is 7. The lowest BCUT2D eigenvalue weighted by Crippen LogP contribution is -2.39. The Morgan fingerprint density at radius 3 is 3.00 bits per heavy atom. The number of nitrogens with two attached hydrogens (primary N) is 1. The first kappa shape index (κ1) is 13.7. The SMILES string of the molecule is CC1(CO)OC(n2c(Br)nc3c(N)ncnc32)CC1O. The van der Waals surface area contributed by atoms with E-state index < -0.39 is 17.9 Å². The van der Waals surface area contributed by atoms with Crippen molar-refractivity contribution < 1.29 is 14.9 Å². The van der Waals surface area contributed by atoms with Crippen LogP contribution in [0.15, 0.2) is 11.1 Å². The number of aliphatic hydroxyl groups excluding tert-OH is 2. The van der Waals surface area contributed by atoms with Gasteiger partial charge in [0.1, 0.15) is 18.2 Å². The number of imidazole rings is 1. The molecule has 3 atom stereocenters. The van der Waals surface area contributed by atoms with E-state index >= 15 is 0 Å². The van der Waals surface area contributed by atoms with E-state index in [1.165, 1.54) is 6.33 Å². The predicted molar refractivity (Wildman–Crippen MR) is 73.7 cm³/mol. The Balaban J connectivity index is 2.08. The minimum absolute atomic E-state index is 0.272. The van der Waals surface area contributed by atoms with Crippen LogP contribution in [0.1, 0.15) is 19.6 Å². The molecule has 3 unspecified atom stereocenters. The fourth-order valence-corrected chi connectivity index (χ4v) is 2.91. The summed E-state index contributed by atoms with van der Waals surface area (Å²) in [6.07, 6.45) is 0.404. The molecule has 0 amide bonds. The van der Waals surface area contributed by atoms with Crippen LogP contribution < -0.4 is 5.73 Å². The molecule has 1 saturated heterocycles. The fourth-order valence-electron chi connectivity index (χ4n) is 2.33. The van der Waals surface area contributed by atoms with Crippen LogP contribution in [0.25, 0.3) is 11.2 Å². The quantitative estimate of drug-likeness (QED) is 0.666. The van der Waals surface area contributed by atoms with E-state index in [2.05, 4.69) is 30.9 Å². The first-order valence-corrected chi connectivity index (χ1v) is 6.86. The molecular weight excluding hydrogens is 330 g/mol. The summed E-state index contributed by atoms with van der Waals surface area (Å²) in [5, 5.41) is 19.4. The molecule has 0 saturated carbocycles. The third-order valence-corrected chi connectivity index (χ3v) is 4.16. The van der Waals surface area contributed by atoms with Crippen molar-refractivity contribution in [2.45, 2.75) is 31.3 Å². The van der Waals surface area contributed by atoms with E-state index in [0.717, 1.165) is 0 Å². The molecule has 20 heavy (non-hydrogen) atoms. The Morgan fingerprint density at radius 1 is 1.60 bits per heavy atom. The number of hydrogen-bond donors (Lipinski definition) is 3. The summed E-state index contributed by atoms with van der Waals surface area (Å²) < 4.78 is 7.95. The summed E-state index contributed by atoms with van der Waals surface area (Å²) in [5.74, 6) is 0.276. The number of halogens is 1. The zero-order chi connectivity index (χ0) is 14.5. The zero-order valence-corrected chi connectivity index (χ0v) is 12.3. The number of aliphatic hydroxyl groups is 2. The molecule has 1 fully saturated rings. The van der Waals surface area contributed by atoms with Crippen molar-refractivity contribution in [3.05, 3.63) is 11.1 Å². The number of rotatable bonds is 2. The highest BCUT2D eigenvalue weighted by molar-refractivity contribution is 9.10. The van der Waals surface area contributed by atoms with Crippen LogP contribution in [-0.4, -0.2) is 48.0 Å². The van der Waals surface area contributed by atoms with Crippen molar-refractivity contribution in [2.75, 3.05) is 12.3 Å². The standard InChI is InChI=1S/C11H14BrN5O3/c1-11(3-18)5(19)2-6(20-11)17-9-7(16-10(17)12)8(13)14-4-15-9/h4-6,18-19H,2-3H2,1H3,(H2,13,14,15). The van der Waals surface area contributed by atoms with Crippen molar-refractivity contribution in [3.8, 4) is 0 Å². The molecule has 3 heterocycles. The molecule has 8 nitrogen and oxygen atoms in total. The largest absolute Gasteiger partial charge is 0.393 e. The summed E-state index contributed by atoms with van der Waals surface area (Å²) in [6, 6.07) is 0. The minimum Gasteiger partial charge on any atom is -0.393 e. The number of fused-ring (bicyclic) bond motifs is 1.